The second-order valence-corrected chi connectivity index (χ2v) is 9.06. The summed E-state index contributed by atoms with van der Waals surface area (Å²) in [5.74, 6) is -1.61. The van der Waals surface area contributed by atoms with Gasteiger partial charge < -0.3 is 10.6 Å². The minimum atomic E-state index is -4.98. The molecule has 1 aliphatic heterocycles. The minimum Gasteiger partial charge on any atom is -0.349 e. The number of hydrogen-bond donors (Lipinski definition) is 2. The fourth-order valence-corrected chi connectivity index (χ4v) is 4.75. The van der Waals surface area contributed by atoms with Crippen LogP contribution >= 0.6 is 0 Å². The Kier molecular flexibility index (Phi) is 7.83. The molecule has 3 unspecified atom stereocenters. The summed E-state index contributed by atoms with van der Waals surface area (Å²) in [6, 6.07) is 6.05. The summed E-state index contributed by atoms with van der Waals surface area (Å²) in [6.45, 7) is 4.37. The summed E-state index contributed by atoms with van der Waals surface area (Å²) in [4.78, 5) is 13.3. The van der Waals surface area contributed by atoms with Gasteiger partial charge in [0, 0.05) is 11.3 Å². The molecule has 3 rings (SSSR count). The van der Waals surface area contributed by atoms with E-state index in [1.807, 2.05) is 0 Å². The standard InChI is InChI=1S/C25H27F7N2O/c1-15(23(8-3-10-33-11-9-23)18-4-6-21(26)7-5-18)22(35)34-16(2)17-12-19(24(27,28)29)14-20(13-17)25(30,31)32/h4-7,12-16,33H,3,8-11H2,1-2H3,(H,34,35). The average molecular weight is 504 g/mol. The highest BCUT2D eigenvalue weighted by Crippen LogP contribution is 2.42. The molecule has 10 heteroatoms. The molecule has 35 heavy (non-hydrogen) atoms. The molecule has 192 valence electrons. The zero-order valence-corrected chi connectivity index (χ0v) is 19.3. The predicted octanol–water partition coefficient (Wildman–Crippen LogP) is 6.39. The lowest BCUT2D eigenvalue weighted by molar-refractivity contribution is -0.143. The van der Waals surface area contributed by atoms with E-state index in [1.165, 1.54) is 19.1 Å². The van der Waals surface area contributed by atoms with Crippen LogP contribution in [0, 0.1) is 11.7 Å². The van der Waals surface area contributed by atoms with E-state index in [0.29, 0.717) is 31.5 Å². The highest BCUT2D eigenvalue weighted by Gasteiger charge is 2.42. The van der Waals surface area contributed by atoms with Gasteiger partial charge in [-0.25, -0.2) is 4.39 Å². The SMILES string of the molecule is CC(NC(=O)C(C)C1(c2ccc(F)cc2)CCCNCC1)c1cc(C(F)(F)F)cc(C(F)(F)F)c1. The molecule has 3 nitrogen and oxygen atoms in total. The van der Waals surface area contributed by atoms with Gasteiger partial charge in [0.05, 0.1) is 17.2 Å². The molecule has 2 aromatic rings. The lowest BCUT2D eigenvalue weighted by Crippen LogP contribution is -2.44. The Morgan fingerprint density at radius 1 is 0.914 bits per heavy atom. The number of rotatable bonds is 5. The Bertz CT molecular complexity index is 991. The van der Waals surface area contributed by atoms with Crippen LogP contribution in [0.25, 0.3) is 0 Å². The van der Waals surface area contributed by atoms with E-state index in [0.717, 1.165) is 18.5 Å². The summed E-state index contributed by atoms with van der Waals surface area (Å²) < 4.78 is 93.1. The van der Waals surface area contributed by atoms with Crippen molar-refractivity contribution in [1.29, 1.82) is 0 Å². The molecule has 3 atom stereocenters. The van der Waals surface area contributed by atoms with Gasteiger partial charge in [0.15, 0.2) is 0 Å². The molecule has 0 bridgehead atoms. The number of amides is 1. The van der Waals surface area contributed by atoms with Crippen molar-refractivity contribution in [3.8, 4) is 0 Å². The summed E-state index contributed by atoms with van der Waals surface area (Å²) in [5.41, 5.74) is -3.09. The Balaban J connectivity index is 1.92. The molecule has 1 amide bonds. The lowest BCUT2D eigenvalue weighted by Gasteiger charge is -2.39. The van der Waals surface area contributed by atoms with Crippen molar-refractivity contribution in [1.82, 2.24) is 10.6 Å². The Morgan fingerprint density at radius 2 is 1.49 bits per heavy atom. The average Bonchev–Trinajstić information content (AvgIpc) is 3.04. The van der Waals surface area contributed by atoms with Crippen molar-refractivity contribution in [3.63, 3.8) is 0 Å². The van der Waals surface area contributed by atoms with Gasteiger partial charge >= 0.3 is 12.4 Å². The molecular weight excluding hydrogens is 477 g/mol. The fourth-order valence-electron chi connectivity index (χ4n) is 4.75. The van der Waals surface area contributed by atoms with Crippen molar-refractivity contribution < 1.29 is 35.5 Å². The van der Waals surface area contributed by atoms with Crippen LogP contribution in [-0.2, 0) is 22.6 Å². The zero-order valence-electron chi connectivity index (χ0n) is 19.3. The lowest BCUT2D eigenvalue weighted by atomic mass is 9.66. The van der Waals surface area contributed by atoms with E-state index in [-0.39, 0.29) is 11.6 Å². The highest BCUT2D eigenvalue weighted by molar-refractivity contribution is 5.80. The maximum atomic E-state index is 13.6. The largest absolute Gasteiger partial charge is 0.416 e. The minimum absolute atomic E-state index is 0.0583. The van der Waals surface area contributed by atoms with E-state index >= 15 is 0 Å². The smallest absolute Gasteiger partial charge is 0.349 e. The third-order valence-corrected chi connectivity index (χ3v) is 6.83. The zero-order chi connectivity index (χ0) is 26.0. The van der Waals surface area contributed by atoms with Crippen LogP contribution in [0.4, 0.5) is 30.7 Å². The molecule has 0 radical (unpaired) electrons. The maximum absolute atomic E-state index is 13.6. The molecule has 0 aromatic heterocycles. The molecule has 1 aliphatic rings. The molecule has 0 saturated carbocycles. The molecule has 2 N–H and O–H groups in total. The van der Waals surface area contributed by atoms with E-state index in [4.69, 9.17) is 0 Å². The highest BCUT2D eigenvalue weighted by atomic mass is 19.4. The van der Waals surface area contributed by atoms with Gasteiger partial charge in [-0.15, -0.1) is 0 Å². The van der Waals surface area contributed by atoms with Gasteiger partial charge in [-0.2, -0.15) is 26.3 Å². The van der Waals surface area contributed by atoms with Crippen LogP contribution in [0.15, 0.2) is 42.5 Å². The van der Waals surface area contributed by atoms with Crippen molar-refractivity contribution in [2.75, 3.05) is 13.1 Å². The number of nitrogens with one attached hydrogen (secondary N) is 2. The normalized spacial score (nSPS) is 21.2. The number of benzene rings is 2. The molecule has 1 heterocycles. The first-order valence-electron chi connectivity index (χ1n) is 11.3. The Morgan fingerprint density at radius 3 is 2.03 bits per heavy atom. The molecule has 0 aliphatic carbocycles. The first kappa shape index (κ1) is 27.0. The van der Waals surface area contributed by atoms with Crippen LogP contribution in [-0.4, -0.2) is 19.0 Å². The summed E-state index contributed by atoms with van der Waals surface area (Å²) in [7, 11) is 0. The Hall–Kier alpha value is -2.62. The van der Waals surface area contributed by atoms with Crippen LogP contribution < -0.4 is 10.6 Å². The van der Waals surface area contributed by atoms with Crippen molar-refractivity contribution in [2.24, 2.45) is 5.92 Å². The summed E-state index contributed by atoms with van der Waals surface area (Å²) in [5, 5.41) is 5.87. The van der Waals surface area contributed by atoms with Gasteiger partial charge in [-0.3, -0.25) is 4.79 Å². The number of alkyl halides is 6. The molecule has 2 aromatic carbocycles. The monoisotopic (exact) mass is 504 g/mol. The summed E-state index contributed by atoms with van der Waals surface area (Å²) in [6.07, 6.45) is -8.05. The molecule has 1 fully saturated rings. The second kappa shape index (κ2) is 10.2. The van der Waals surface area contributed by atoms with Gasteiger partial charge in [-0.05, 0) is 80.7 Å². The van der Waals surface area contributed by atoms with Gasteiger partial charge in [-0.1, -0.05) is 19.1 Å². The third-order valence-electron chi connectivity index (χ3n) is 6.83. The van der Waals surface area contributed by atoms with E-state index < -0.39 is 52.6 Å². The fraction of sp³-hybridized carbons (Fsp3) is 0.480. The quantitative estimate of drug-likeness (QED) is 0.464. The predicted molar refractivity (Wildman–Crippen MR) is 117 cm³/mol. The maximum Gasteiger partial charge on any atom is 0.416 e. The molecular formula is C25H27F7N2O. The first-order valence-corrected chi connectivity index (χ1v) is 11.3. The molecule has 1 saturated heterocycles. The van der Waals surface area contributed by atoms with Crippen LogP contribution in [0.3, 0.4) is 0 Å². The third kappa shape index (κ3) is 6.15. The van der Waals surface area contributed by atoms with E-state index in [1.54, 1.807) is 19.1 Å². The summed E-state index contributed by atoms with van der Waals surface area (Å²) >= 11 is 0. The number of carbonyl (C=O) groups is 1. The van der Waals surface area contributed by atoms with Crippen LogP contribution in [0.2, 0.25) is 0 Å². The first-order chi connectivity index (χ1) is 16.2. The number of hydrogen-bond acceptors (Lipinski definition) is 2. The van der Waals surface area contributed by atoms with E-state index in [2.05, 4.69) is 10.6 Å². The second-order valence-electron chi connectivity index (χ2n) is 9.06. The Labute approximate surface area is 199 Å². The van der Waals surface area contributed by atoms with Crippen molar-refractivity contribution in [2.45, 2.75) is 56.9 Å². The number of halogens is 7. The van der Waals surface area contributed by atoms with Crippen LogP contribution in [0.5, 0.6) is 0 Å². The van der Waals surface area contributed by atoms with Gasteiger partial charge in [0.25, 0.3) is 0 Å². The van der Waals surface area contributed by atoms with E-state index in [9.17, 15) is 35.5 Å². The van der Waals surface area contributed by atoms with Crippen molar-refractivity contribution in [3.05, 3.63) is 70.5 Å². The van der Waals surface area contributed by atoms with Crippen molar-refractivity contribution >= 4 is 5.91 Å². The number of carbonyl (C=O) groups excluding carboxylic acids is 1. The molecule has 0 spiro atoms. The topological polar surface area (TPSA) is 41.1 Å². The van der Waals surface area contributed by atoms with Gasteiger partial charge in [0.1, 0.15) is 5.82 Å². The van der Waals surface area contributed by atoms with Gasteiger partial charge in [0.2, 0.25) is 5.91 Å². The van der Waals surface area contributed by atoms with Crippen LogP contribution in [0.1, 0.15) is 61.4 Å².